The van der Waals surface area contributed by atoms with Crippen molar-refractivity contribution in [3.05, 3.63) is 57.6 Å². The van der Waals surface area contributed by atoms with Crippen molar-refractivity contribution in [2.24, 2.45) is 5.92 Å². The first-order chi connectivity index (χ1) is 22.7. The molecular formula is C33H41N9O4S. The van der Waals surface area contributed by atoms with Gasteiger partial charge in [0, 0.05) is 105 Å². The number of carbonyl (C=O) groups is 2. The fraction of sp³-hybridized carbons (Fsp3) is 0.455. The summed E-state index contributed by atoms with van der Waals surface area (Å²) in [6.45, 7) is 13.1. The summed E-state index contributed by atoms with van der Waals surface area (Å²) in [7, 11) is 2.17. The Morgan fingerprint density at radius 3 is 2.55 bits per heavy atom. The van der Waals surface area contributed by atoms with Gasteiger partial charge in [-0.05, 0) is 51.9 Å². The van der Waals surface area contributed by atoms with E-state index < -0.39 is 11.4 Å². The van der Waals surface area contributed by atoms with Crippen LogP contribution >= 0.6 is 11.3 Å². The van der Waals surface area contributed by atoms with Gasteiger partial charge in [-0.25, -0.2) is 24.5 Å². The molecule has 0 radical (unpaired) electrons. The SMILES string of the molecule is CCNC(=O)Nc1cc(-c2nc(C)cs2)c(-c2cnc3c(c2)c(=O)c(C(=O)O)cn3CC2CCN(CCN3CCN(C)CC3)C2)cn1. The van der Waals surface area contributed by atoms with Gasteiger partial charge in [0.2, 0.25) is 5.43 Å². The highest BCUT2D eigenvalue weighted by molar-refractivity contribution is 7.13. The molecule has 0 aromatic carbocycles. The van der Waals surface area contributed by atoms with Crippen LogP contribution in [0.15, 0.2) is 40.9 Å². The number of thiazole rings is 1. The van der Waals surface area contributed by atoms with Gasteiger partial charge < -0.3 is 24.8 Å². The number of rotatable bonds is 10. The van der Waals surface area contributed by atoms with Crippen LogP contribution in [0.2, 0.25) is 0 Å². The van der Waals surface area contributed by atoms with Gasteiger partial charge in [0.05, 0.1) is 5.39 Å². The topological polar surface area (TPSA) is 149 Å². The molecule has 6 rings (SSSR count). The summed E-state index contributed by atoms with van der Waals surface area (Å²) in [5, 5.41) is 18.3. The molecule has 14 heteroatoms. The molecule has 0 saturated carbocycles. The summed E-state index contributed by atoms with van der Waals surface area (Å²) in [5.41, 5.74) is 2.41. The molecule has 0 aliphatic carbocycles. The summed E-state index contributed by atoms with van der Waals surface area (Å²) in [6, 6.07) is 3.07. The second-order valence-corrected chi connectivity index (χ2v) is 13.3. The van der Waals surface area contributed by atoms with Gasteiger partial charge in [0.15, 0.2) is 0 Å². The molecule has 0 bridgehead atoms. The molecule has 2 aliphatic rings. The van der Waals surface area contributed by atoms with Crippen LogP contribution in [0.3, 0.4) is 0 Å². The van der Waals surface area contributed by atoms with Crippen molar-refractivity contribution in [3.63, 3.8) is 0 Å². The molecule has 2 saturated heterocycles. The van der Waals surface area contributed by atoms with E-state index >= 15 is 0 Å². The van der Waals surface area contributed by atoms with E-state index in [0.29, 0.717) is 52.2 Å². The molecule has 47 heavy (non-hydrogen) atoms. The first-order valence-electron chi connectivity index (χ1n) is 16.1. The number of amides is 2. The van der Waals surface area contributed by atoms with Crippen molar-refractivity contribution < 1.29 is 14.7 Å². The number of likely N-dealkylation sites (tertiary alicyclic amines) is 1. The number of urea groups is 1. The number of pyridine rings is 3. The quantitative estimate of drug-likeness (QED) is 0.232. The number of fused-ring (bicyclic) bond motifs is 1. The lowest BCUT2D eigenvalue weighted by Crippen LogP contribution is -2.46. The zero-order valence-corrected chi connectivity index (χ0v) is 27.8. The second kappa shape index (κ2) is 14.3. The minimum atomic E-state index is -1.27. The first-order valence-corrected chi connectivity index (χ1v) is 16.9. The maximum Gasteiger partial charge on any atom is 0.341 e. The monoisotopic (exact) mass is 659 g/mol. The normalized spacial score (nSPS) is 17.7. The maximum absolute atomic E-state index is 13.5. The van der Waals surface area contributed by atoms with Crippen molar-refractivity contribution in [1.29, 1.82) is 0 Å². The van der Waals surface area contributed by atoms with Crippen molar-refractivity contribution in [1.82, 2.24) is 39.5 Å². The van der Waals surface area contributed by atoms with Gasteiger partial charge in [-0.2, -0.15) is 0 Å². The predicted molar refractivity (Wildman–Crippen MR) is 183 cm³/mol. The standard InChI is InChI=1S/C33H41N9O4S/c1-4-34-33(46)38-28-14-24(31-37-21(2)20-47-31)26(16-35-28)23-13-25-29(43)27(32(44)45)19-42(30(25)36-15-23)18-22-5-6-41(17-22)12-11-40-9-7-39(3)8-10-40/h13-16,19-20,22H,4-12,17-18H2,1-3H3,(H,44,45)(H2,34,35,38,46). The maximum atomic E-state index is 13.5. The fourth-order valence-corrected chi connectivity index (χ4v) is 7.17. The number of hydrogen-bond donors (Lipinski definition) is 3. The van der Waals surface area contributed by atoms with E-state index in [2.05, 4.69) is 42.3 Å². The third-order valence-corrected chi connectivity index (χ3v) is 9.93. The molecule has 1 atom stereocenters. The smallest absolute Gasteiger partial charge is 0.341 e. The highest BCUT2D eigenvalue weighted by Crippen LogP contribution is 2.35. The molecule has 6 heterocycles. The van der Waals surface area contributed by atoms with E-state index in [1.54, 1.807) is 24.5 Å². The molecule has 2 aliphatic heterocycles. The largest absolute Gasteiger partial charge is 0.477 e. The highest BCUT2D eigenvalue weighted by atomic mass is 32.1. The average Bonchev–Trinajstić information content (AvgIpc) is 3.70. The lowest BCUT2D eigenvalue weighted by Gasteiger charge is -2.33. The number of nitrogens with one attached hydrogen (secondary N) is 2. The third-order valence-electron chi connectivity index (χ3n) is 8.94. The minimum Gasteiger partial charge on any atom is -0.477 e. The Hall–Kier alpha value is -4.24. The van der Waals surface area contributed by atoms with Crippen LogP contribution in [0.5, 0.6) is 0 Å². The van der Waals surface area contributed by atoms with Crippen LogP contribution < -0.4 is 16.1 Å². The van der Waals surface area contributed by atoms with Crippen LogP contribution in [0, 0.1) is 12.8 Å². The zero-order valence-electron chi connectivity index (χ0n) is 27.0. The van der Waals surface area contributed by atoms with E-state index in [-0.39, 0.29) is 17.0 Å². The van der Waals surface area contributed by atoms with Crippen molar-refractivity contribution in [2.45, 2.75) is 26.8 Å². The Bertz CT molecular complexity index is 1830. The minimum absolute atomic E-state index is 0.234. The second-order valence-electron chi connectivity index (χ2n) is 12.4. The number of nitrogens with zero attached hydrogens (tertiary/aromatic N) is 7. The Morgan fingerprint density at radius 1 is 1.04 bits per heavy atom. The molecule has 4 aromatic rings. The molecule has 2 amide bonds. The van der Waals surface area contributed by atoms with Crippen LogP contribution in [0.25, 0.3) is 32.7 Å². The van der Waals surface area contributed by atoms with Gasteiger partial charge in [-0.15, -0.1) is 11.3 Å². The average molecular weight is 660 g/mol. The molecule has 13 nitrogen and oxygen atoms in total. The van der Waals surface area contributed by atoms with Gasteiger partial charge in [0.1, 0.15) is 22.0 Å². The zero-order chi connectivity index (χ0) is 33.1. The number of carboxylic acid groups (broad SMARTS) is 1. The molecule has 2 fully saturated rings. The number of aromatic nitrogens is 4. The van der Waals surface area contributed by atoms with Crippen LogP contribution in [-0.4, -0.2) is 117 Å². The number of likely N-dealkylation sites (N-methyl/N-ethyl adjacent to an activating group) is 1. The van der Waals surface area contributed by atoms with Crippen LogP contribution in [0.4, 0.5) is 10.6 Å². The summed E-state index contributed by atoms with van der Waals surface area (Å²) in [5.74, 6) is -0.608. The Kier molecular flexibility index (Phi) is 9.92. The molecule has 4 aromatic heterocycles. The summed E-state index contributed by atoms with van der Waals surface area (Å²) >= 11 is 1.45. The molecule has 1 unspecified atom stereocenters. The van der Waals surface area contributed by atoms with Gasteiger partial charge >= 0.3 is 12.0 Å². The van der Waals surface area contributed by atoms with Crippen LogP contribution in [0.1, 0.15) is 29.4 Å². The van der Waals surface area contributed by atoms with Gasteiger partial charge in [0.25, 0.3) is 0 Å². The molecule has 248 valence electrons. The lowest BCUT2D eigenvalue weighted by atomic mass is 10.0. The first kappa shape index (κ1) is 32.7. The summed E-state index contributed by atoms with van der Waals surface area (Å²) in [6.07, 6.45) is 5.74. The van der Waals surface area contributed by atoms with Crippen molar-refractivity contribution in [3.8, 4) is 21.7 Å². The number of piperazine rings is 1. The Morgan fingerprint density at radius 2 is 1.83 bits per heavy atom. The number of aryl methyl sites for hydroxylation is 1. The number of hydrogen-bond acceptors (Lipinski definition) is 10. The molecule has 3 N–H and O–H groups in total. The van der Waals surface area contributed by atoms with Crippen molar-refractivity contribution >= 4 is 40.2 Å². The summed E-state index contributed by atoms with van der Waals surface area (Å²) < 4.78 is 1.83. The summed E-state index contributed by atoms with van der Waals surface area (Å²) in [4.78, 5) is 59.1. The van der Waals surface area contributed by atoms with E-state index in [4.69, 9.17) is 4.98 Å². The van der Waals surface area contributed by atoms with E-state index in [0.717, 1.165) is 64.5 Å². The van der Waals surface area contributed by atoms with Crippen molar-refractivity contribution in [2.75, 3.05) is 71.3 Å². The lowest BCUT2D eigenvalue weighted by molar-refractivity contribution is 0.0694. The Labute approximate surface area is 277 Å². The van der Waals surface area contributed by atoms with E-state index in [9.17, 15) is 19.5 Å². The van der Waals surface area contributed by atoms with Gasteiger partial charge in [-0.1, -0.05) is 0 Å². The fourth-order valence-electron chi connectivity index (χ4n) is 6.34. The predicted octanol–water partition coefficient (Wildman–Crippen LogP) is 3.30. The van der Waals surface area contributed by atoms with E-state index in [1.165, 1.54) is 17.5 Å². The number of carboxylic acids is 1. The Balaban J connectivity index is 1.29. The van der Waals surface area contributed by atoms with E-state index in [1.807, 2.05) is 23.8 Å². The number of anilines is 1. The third kappa shape index (κ3) is 7.51. The number of aromatic carboxylic acids is 1. The molecule has 0 spiro atoms. The highest BCUT2D eigenvalue weighted by Gasteiger charge is 2.26. The molecular weight excluding hydrogens is 618 g/mol. The number of carbonyl (C=O) groups excluding carboxylic acids is 1. The van der Waals surface area contributed by atoms with Gasteiger partial charge in [-0.3, -0.25) is 15.0 Å². The van der Waals surface area contributed by atoms with Crippen LogP contribution in [-0.2, 0) is 6.54 Å².